The first-order valence-electron chi connectivity index (χ1n) is 13.1. The van der Waals surface area contributed by atoms with E-state index in [0.717, 1.165) is 36.4 Å². The highest BCUT2D eigenvalue weighted by Gasteiger charge is 2.32. The smallest absolute Gasteiger partial charge is 0.379 e. The minimum absolute atomic E-state index is 0.184. The van der Waals surface area contributed by atoms with Gasteiger partial charge in [0.1, 0.15) is 11.5 Å². The zero-order valence-electron chi connectivity index (χ0n) is 22.3. The number of carbonyl (C=O) groups is 1. The lowest BCUT2D eigenvalue weighted by molar-refractivity contribution is -0.0918. The molecule has 0 saturated carbocycles. The number of ether oxygens (including phenoxy) is 1. The Morgan fingerprint density at radius 3 is 2.74 bits per heavy atom. The summed E-state index contributed by atoms with van der Waals surface area (Å²) < 4.78 is 44.3. The van der Waals surface area contributed by atoms with E-state index in [4.69, 9.17) is 9.72 Å². The Hall–Kier alpha value is -3.28. The van der Waals surface area contributed by atoms with Gasteiger partial charge in [0, 0.05) is 62.5 Å². The molecule has 2 N–H and O–H groups in total. The maximum atomic E-state index is 13.4. The van der Waals surface area contributed by atoms with Gasteiger partial charge in [-0.2, -0.15) is 13.2 Å². The van der Waals surface area contributed by atoms with Crippen LogP contribution in [0.1, 0.15) is 24.2 Å². The molecule has 2 atom stereocenters. The van der Waals surface area contributed by atoms with Crippen molar-refractivity contribution in [1.82, 2.24) is 20.5 Å². The van der Waals surface area contributed by atoms with E-state index in [1.165, 1.54) is 6.21 Å². The third kappa shape index (κ3) is 7.23. The van der Waals surface area contributed by atoms with E-state index >= 15 is 0 Å². The van der Waals surface area contributed by atoms with Gasteiger partial charge in [-0.15, -0.1) is 0 Å². The number of carbonyl (C=O) groups excluding carboxylic acids is 1. The van der Waals surface area contributed by atoms with Gasteiger partial charge in [0.25, 0.3) is 5.91 Å². The fraction of sp³-hybridized carbons (Fsp3) is 0.464. The predicted octanol–water partition coefficient (Wildman–Crippen LogP) is 3.56. The summed E-state index contributed by atoms with van der Waals surface area (Å²) in [7, 11) is 0. The minimum Gasteiger partial charge on any atom is -0.379 e. The number of hydrogen-bond acceptors (Lipinski definition) is 7. The van der Waals surface area contributed by atoms with Crippen LogP contribution in [-0.4, -0.2) is 92.7 Å². The molecule has 1 aromatic carbocycles. The molecule has 2 aromatic rings. The van der Waals surface area contributed by atoms with Crippen LogP contribution in [-0.2, 0) is 4.74 Å². The molecule has 0 bridgehead atoms. The third-order valence-electron chi connectivity index (χ3n) is 7.01. The van der Waals surface area contributed by atoms with Gasteiger partial charge >= 0.3 is 6.18 Å². The van der Waals surface area contributed by atoms with Gasteiger partial charge in [-0.3, -0.25) is 14.7 Å². The molecule has 39 heavy (non-hydrogen) atoms. The predicted molar refractivity (Wildman–Crippen MR) is 147 cm³/mol. The quantitative estimate of drug-likeness (QED) is 0.495. The van der Waals surface area contributed by atoms with Crippen molar-refractivity contribution in [2.24, 2.45) is 4.99 Å². The second kappa shape index (κ2) is 12.7. The number of aromatic nitrogens is 1. The van der Waals surface area contributed by atoms with E-state index in [0.29, 0.717) is 43.5 Å². The molecule has 2 aliphatic rings. The molecule has 0 radical (unpaired) electrons. The number of morpholine rings is 1. The molecule has 210 valence electrons. The standard InChI is InChI=1S/C28H35F3N6O2/c1-4-21(16-33-20(3)28(29,30)31)25(36-12-14-39-15-13-36)17-34-27(38)23-6-5-7-24-22(23)8-9-26(35-24)37-11-10-32-19(2)18-37/h4-9,16,19,25,32H,3,10-15,17-18H2,1-2H3,(H,34,38)/b21-4+,33-16?. The number of halogens is 3. The molecule has 2 fully saturated rings. The molecule has 2 aliphatic heterocycles. The number of benzene rings is 1. The summed E-state index contributed by atoms with van der Waals surface area (Å²) >= 11 is 0. The highest BCUT2D eigenvalue weighted by molar-refractivity contribution is 6.06. The van der Waals surface area contributed by atoms with Crippen molar-refractivity contribution in [2.45, 2.75) is 32.1 Å². The van der Waals surface area contributed by atoms with Crippen LogP contribution in [0.25, 0.3) is 10.9 Å². The maximum Gasteiger partial charge on any atom is 0.432 e. The van der Waals surface area contributed by atoms with E-state index in [1.807, 2.05) is 18.2 Å². The van der Waals surface area contributed by atoms with Crippen molar-refractivity contribution in [2.75, 3.05) is 57.4 Å². The maximum absolute atomic E-state index is 13.4. The van der Waals surface area contributed by atoms with Crippen molar-refractivity contribution in [3.05, 3.63) is 59.8 Å². The fourth-order valence-electron chi connectivity index (χ4n) is 4.87. The van der Waals surface area contributed by atoms with Crippen LogP contribution in [0.3, 0.4) is 0 Å². The van der Waals surface area contributed by atoms with Gasteiger partial charge in [0.15, 0.2) is 0 Å². The van der Waals surface area contributed by atoms with Crippen molar-refractivity contribution >= 4 is 28.8 Å². The fourth-order valence-corrected chi connectivity index (χ4v) is 4.87. The van der Waals surface area contributed by atoms with E-state index in [9.17, 15) is 18.0 Å². The van der Waals surface area contributed by atoms with Crippen molar-refractivity contribution in [1.29, 1.82) is 0 Å². The molecule has 3 heterocycles. The first-order chi connectivity index (χ1) is 18.7. The lowest BCUT2D eigenvalue weighted by Gasteiger charge is -2.35. The highest BCUT2D eigenvalue weighted by Crippen LogP contribution is 2.25. The second-order valence-corrected chi connectivity index (χ2v) is 9.71. The van der Waals surface area contributed by atoms with Crippen LogP contribution < -0.4 is 15.5 Å². The molecule has 8 nitrogen and oxygen atoms in total. The number of piperazine rings is 1. The second-order valence-electron chi connectivity index (χ2n) is 9.71. The lowest BCUT2D eigenvalue weighted by Crippen LogP contribution is -2.50. The first kappa shape index (κ1) is 28.7. The minimum atomic E-state index is -4.61. The SMILES string of the molecule is C=C(N=C/C(=C\C)C(CNC(=O)c1cccc2nc(N3CCNC(C)C3)ccc12)N1CCOCC1)C(F)(F)F. The van der Waals surface area contributed by atoms with Crippen molar-refractivity contribution in [3.8, 4) is 0 Å². The number of nitrogens with one attached hydrogen (secondary N) is 2. The number of aliphatic imine (C=N–C) groups is 1. The van der Waals surface area contributed by atoms with E-state index < -0.39 is 11.9 Å². The number of amides is 1. The van der Waals surface area contributed by atoms with E-state index in [1.54, 1.807) is 25.1 Å². The Bertz CT molecular complexity index is 1240. The zero-order chi connectivity index (χ0) is 28.0. The van der Waals surface area contributed by atoms with Crippen molar-refractivity contribution in [3.63, 3.8) is 0 Å². The van der Waals surface area contributed by atoms with Gasteiger partial charge < -0.3 is 20.3 Å². The summed E-state index contributed by atoms with van der Waals surface area (Å²) in [5.74, 6) is 0.592. The Kier molecular flexibility index (Phi) is 9.36. The van der Waals surface area contributed by atoms with Gasteiger partial charge in [0.2, 0.25) is 0 Å². The third-order valence-corrected chi connectivity index (χ3v) is 7.01. The number of pyridine rings is 1. The number of rotatable bonds is 8. The van der Waals surface area contributed by atoms with Crippen LogP contribution in [0, 0.1) is 0 Å². The molecule has 4 rings (SSSR count). The molecule has 2 unspecified atom stereocenters. The normalized spacial score (nSPS) is 20.4. The monoisotopic (exact) mass is 544 g/mol. The van der Waals surface area contributed by atoms with Gasteiger partial charge in [-0.05, 0) is 43.7 Å². The highest BCUT2D eigenvalue weighted by atomic mass is 19.4. The summed E-state index contributed by atoms with van der Waals surface area (Å²) in [5.41, 5.74) is 0.590. The molecule has 11 heteroatoms. The van der Waals surface area contributed by atoms with Crippen LogP contribution in [0.5, 0.6) is 0 Å². The lowest BCUT2D eigenvalue weighted by atomic mass is 10.0. The Labute approximate surface area is 226 Å². The average Bonchev–Trinajstić information content (AvgIpc) is 2.93. The molecule has 0 aliphatic carbocycles. The van der Waals surface area contributed by atoms with Gasteiger partial charge in [-0.1, -0.05) is 18.7 Å². The molecular weight excluding hydrogens is 509 g/mol. The zero-order valence-corrected chi connectivity index (χ0v) is 22.3. The number of nitrogens with zero attached hydrogens (tertiary/aromatic N) is 4. The summed E-state index contributed by atoms with van der Waals surface area (Å²) in [4.78, 5) is 26.1. The number of anilines is 1. The first-order valence-corrected chi connectivity index (χ1v) is 13.1. The van der Waals surface area contributed by atoms with Gasteiger partial charge in [0.05, 0.1) is 24.8 Å². The Balaban J connectivity index is 1.52. The Morgan fingerprint density at radius 2 is 2.05 bits per heavy atom. The number of allylic oxidation sites excluding steroid dienone is 2. The van der Waals surface area contributed by atoms with Crippen LogP contribution in [0.2, 0.25) is 0 Å². The topological polar surface area (TPSA) is 82.1 Å². The largest absolute Gasteiger partial charge is 0.432 e. The van der Waals surface area contributed by atoms with E-state index in [2.05, 4.69) is 38.9 Å². The van der Waals surface area contributed by atoms with Crippen LogP contribution >= 0.6 is 0 Å². The molecule has 1 aromatic heterocycles. The van der Waals surface area contributed by atoms with E-state index in [-0.39, 0.29) is 18.5 Å². The number of hydrogen-bond donors (Lipinski definition) is 2. The Morgan fingerprint density at radius 1 is 1.28 bits per heavy atom. The number of fused-ring (bicyclic) bond motifs is 1. The average molecular weight is 545 g/mol. The van der Waals surface area contributed by atoms with Crippen LogP contribution in [0.4, 0.5) is 19.0 Å². The molecule has 0 spiro atoms. The molecular formula is C28H35F3N6O2. The van der Waals surface area contributed by atoms with Crippen molar-refractivity contribution < 1.29 is 22.7 Å². The van der Waals surface area contributed by atoms with Gasteiger partial charge in [-0.25, -0.2) is 4.98 Å². The summed E-state index contributed by atoms with van der Waals surface area (Å²) in [5, 5.41) is 7.15. The summed E-state index contributed by atoms with van der Waals surface area (Å²) in [6, 6.07) is 9.29. The van der Waals surface area contributed by atoms with Crippen LogP contribution in [0.15, 0.2) is 59.2 Å². The molecule has 2 saturated heterocycles. The number of alkyl halides is 3. The molecule has 1 amide bonds. The summed E-state index contributed by atoms with van der Waals surface area (Å²) in [6.45, 7) is 11.8. The summed E-state index contributed by atoms with van der Waals surface area (Å²) in [6.07, 6.45) is -1.72.